The number of hydrogen-bond acceptors (Lipinski definition) is 5. The van der Waals surface area contributed by atoms with Crippen LogP contribution in [0.3, 0.4) is 0 Å². The summed E-state index contributed by atoms with van der Waals surface area (Å²) in [4.78, 5) is 12.2. The van der Waals surface area contributed by atoms with Crippen LogP contribution in [0.25, 0.3) is 0 Å². The lowest BCUT2D eigenvalue weighted by Crippen LogP contribution is -2.58. The maximum atomic E-state index is 12.2. The first-order valence-electron chi connectivity index (χ1n) is 6.11. The van der Waals surface area contributed by atoms with E-state index in [9.17, 15) is 9.90 Å². The van der Waals surface area contributed by atoms with E-state index in [0.29, 0.717) is 18.6 Å². The van der Waals surface area contributed by atoms with Gasteiger partial charge in [-0.3, -0.25) is 4.79 Å². The summed E-state index contributed by atoms with van der Waals surface area (Å²) < 4.78 is 4.99. The van der Waals surface area contributed by atoms with Crippen LogP contribution in [0, 0.1) is 5.41 Å². The summed E-state index contributed by atoms with van der Waals surface area (Å²) in [6.45, 7) is 0. The fourth-order valence-electron chi connectivity index (χ4n) is 2.90. The fraction of sp³-hybridized carbons (Fsp3) is 0.917. The SMILES string of the molecule is COC(=O)C1(C2(O)CCSCC2)CCCSC1. The van der Waals surface area contributed by atoms with Crippen LogP contribution in [0.1, 0.15) is 25.7 Å². The third-order valence-corrected chi connectivity index (χ3v) is 6.29. The Morgan fingerprint density at radius 3 is 2.41 bits per heavy atom. The fourth-order valence-corrected chi connectivity index (χ4v) is 5.44. The maximum Gasteiger partial charge on any atom is 0.315 e. The molecule has 2 aliphatic rings. The van der Waals surface area contributed by atoms with Crippen LogP contribution in [0.5, 0.6) is 0 Å². The Kier molecular flexibility index (Phi) is 4.31. The van der Waals surface area contributed by atoms with Crippen molar-refractivity contribution < 1.29 is 14.6 Å². The van der Waals surface area contributed by atoms with Crippen molar-refractivity contribution in [3.63, 3.8) is 0 Å². The van der Waals surface area contributed by atoms with Gasteiger partial charge in [0.05, 0.1) is 12.7 Å². The predicted molar refractivity (Wildman–Crippen MR) is 72.5 cm³/mol. The molecule has 3 nitrogen and oxygen atoms in total. The minimum Gasteiger partial charge on any atom is -0.468 e. The largest absolute Gasteiger partial charge is 0.468 e. The molecule has 2 aliphatic heterocycles. The van der Waals surface area contributed by atoms with E-state index in [-0.39, 0.29) is 5.97 Å². The second kappa shape index (κ2) is 5.41. The third kappa shape index (κ3) is 2.34. The Morgan fingerprint density at radius 1 is 1.18 bits per heavy atom. The summed E-state index contributed by atoms with van der Waals surface area (Å²) in [6.07, 6.45) is 3.20. The predicted octanol–water partition coefficient (Wildman–Crippen LogP) is 1.93. The molecule has 0 aliphatic carbocycles. The zero-order valence-corrected chi connectivity index (χ0v) is 11.9. The van der Waals surface area contributed by atoms with Gasteiger partial charge in [-0.25, -0.2) is 0 Å². The molecule has 1 N–H and O–H groups in total. The van der Waals surface area contributed by atoms with Crippen molar-refractivity contribution in [3.8, 4) is 0 Å². The lowest BCUT2D eigenvalue weighted by molar-refractivity contribution is -0.172. The number of carbonyl (C=O) groups excluding carboxylic acids is 1. The Labute approximate surface area is 111 Å². The van der Waals surface area contributed by atoms with Crippen LogP contribution in [-0.2, 0) is 9.53 Å². The molecule has 17 heavy (non-hydrogen) atoms. The summed E-state index contributed by atoms with van der Waals surface area (Å²) >= 11 is 3.63. The summed E-state index contributed by atoms with van der Waals surface area (Å²) in [5.74, 6) is 3.48. The second-order valence-electron chi connectivity index (χ2n) is 4.87. The van der Waals surface area contributed by atoms with Crippen LogP contribution >= 0.6 is 23.5 Å². The molecule has 2 saturated heterocycles. The molecule has 2 fully saturated rings. The van der Waals surface area contributed by atoms with Crippen LogP contribution < -0.4 is 0 Å². The van der Waals surface area contributed by atoms with Crippen molar-refractivity contribution in [2.24, 2.45) is 5.41 Å². The summed E-state index contributed by atoms with van der Waals surface area (Å²) in [7, 11) is 1.43. The highest BCUT2D eigenvalue weighted by molar-refractivity contribution is 7.99. The summed E-state index contributed by atoms with van der Waals surface area (Å²) in [5, 5.41) is 10.9. The third-order valence-electron chi connectivity index (χ3n) is 4.03. The van der Waals surface area contributed by atoms with Crippen LogP contribution in [-0.4, -0.2) is 46.8 Å². The standard InChI is InChI=1S/C12H20O3S2/c1-15-10(13)11(3-2-6-17-9-11)12(14)4-7-16-8-5-12/h14H,2-9H2,1H3. The van der Waals surface area contributed by atoms with E-state index in [1.54, 1.807) is 11.8 Å². The van der Waals surface area contributed by atoms with Gasteiger partial charge in [0.1, 0.15) is 5.41 Å². The number of hydrogen-bond donors (Lipinski definition) is 1. The molecule has 0 aromatic rings. The van der Waals surface area contributed by atoms with E-state index in [2.05, 4.69) is 0 Å². The number of rotatable bonds is 2. The van der Waals surface area contributed by atoms with Crippen LogP contribution in [0.2, 0.25) is 0 Å². The zero-order valence-electron chi connectivity index (χ0n) is 10.2. The van der Waals surface area contributed by atoms with Crippen molar-refractivity contribution >= 4 is 29.5 Å². The average Bonchev–Trinajstić information content (AvgIpc) is 2.39. The van der Waals surface area contributed by atoms with Gasteiger partial charge < -0.3 is 9.84 Å². The van der Waals surface area contributed by atoms with E-state index in [4.69, 9.17) is 4.74 Å². The molecular weight excluding hydrogens is 256 g/mol. The van der Waals surface area contributed by atoms with Gasteiger partial charge in [-0.05, 0) is 42.9 Å². The lowest BCUT2D eigenvalue weighted by Gasteiger charge is -2.48. The van der Waals surface area contributed by atoms with Gasteiger partial charge in [0.25, 0.3) is 0 Å². The Hall–Kier alpha value is 0.130. The molecule has 0 radical (unpaired) electrons. The van der Waals surface area contributed by atoms with Gasteiger partial charge >= 0.3 is 5.97 Å². The Bertz CT molecular complexity index is 281. The highest BCUT2D eigenvalue weighted by atomic mass is 32.2. The Morgan fingerprint density at radius 2 is 1.88 bits per heavy atom. The van der Waals surface area contributed by atoms with Crippen molar-refractivity contribution in [3.05, 3.63) is 0 Å². The van der Waals surface area contributed by atoms with Crippen molar-refractivity contribution in [1.29, 1.82) is 0 Å². The van der Waals surface area contributed by atoms with Gasteiger partial charge in [-0.15, -0.1) is 0 Å². The number of ether oxygens (including phenoxy) is 1. The number of thioether (sulfide) groups is 2. The van der Waals surface area contributed by atoms with Gasteiger partial charge in [0, 0.05) is 5.75 Å². The lowest BCUT2D eigenvalue weighted by atomic mass is 9.67. The van der Waals surface area contributed by atoms with Gasteiger partial charge in [-0.1, -0.05) is 0 Å². The molecule has 0 bridgehead atoms. The number of carbonyl (C=O) groups is 1. The topological polar surface area (TPSA) is 46.5 Å². The average molecular weight is 276 g/mol. The van der Waals surface area contributed by atoms with Crippen LogP contribution in [0.4, 0.5) is 0 Å². The van der Waals surface area contributed by atoms with Crippen LogP contribution in [0.15, 0.2) is 0 Å². The first kappa shape index (κ1) is 13.6. The molecule has 2 rings (SSSR count). The van der Waals surface area contributed by atoms with Crippen molar-refractivity contribution in [2.75, 3.05) is 30.1 Å². The normalized spacial score (nSPS) is 33.1. The molecule has 0 spiro atoms. The van der Waals surface area contributed by atoms with E-state index in [1.165, 1.54) is 7.11 Å². The molecular formula is C12H20O3S2. The first-order valence-corrected chi connectivity index (χ1v) is 8.42. The molecule has 0 amide bonds. The van der Waals surface area contributed by atoms with Gasteiger partial charge in [0.15, 0.2) is 0 Å². The van der Waals surface area contributed by atoms with E-state index in [0.717, 1.165) is 30.1 Å². The number of methoxy groups -OCH3 is 1. The molecule has 5 heteroatoms. The quantitative estimate of drug-likeness (QED) is 0.781. The number of aliphatic hydroxyl groups is 1. The van der Waals surface area contributed by atoms with E-state index >= 15 is 0 Å². The Balaban J connectivity index is 2.27. The monoisotopic (exact) mass is 276 g/mol. The molecule has 1 unspecified atom stereocenters. The smallest absolute Gasteiger partial charge is 0.315 e. The van der Waals surface area contributed by atoms with Gasteiger partial charge in [0.2, 0.25) is 0 Å². The maximum absolute atomic E-state index is 12.2. The second-order valence-corrected chi connectivity index (χ2v) is 7.20. The number of esters is 1. The van der Waals surface area contributed by atoms with E-state index < -0.39 is 11.0 Å². The zero-order chi connectivity index (χ0) is 12.4. The minimum absolute atomic E-state index is 0.209. The molecule has 0 saturated carbocycles. The highest BCUT2D eigenvalue weighted by Crippen LogP contribution is 2.49. The highest BCUT2D eigenvalue weighted by Gasteiger charge is 2.57. The summed E-state index contributed by atoms with van der Waals surface area (Å²) in [6, 6.07) is 0. The molecule has 1 atom stereocenters. The molecule has 0 aromatic carbocycles. The van der Waals surface area contributed by atoms with Gasteiger partial charge in [-0.2, -0.15) is 23.5 Å². The summed E-state index contributed by atoms with van der Waals surface area (Å²) in [5.41, 5.74) is -1.51. The van der Waals surface area contributed by atoms with E-state index in [1.807, 2.05) is 11.8 Å². The minimum atomic E-state index is -0.848. The molecule has 98 valence electrons. The molecule has 2 heterocycles. The molecule has 0 aromatic heterocycles. The first-order chi connectivity index (χ1) is 8.15. The van der Waals surface area contributed by atoms with Crippen molar-refractivity contribution in [1.82, 2.24) is 0 Å². The van der Waals surface area contributed by atoms with Crippen molar-refractivity contribution in [2.45, 2.75) is 31.3 Å².